The maximum Gasteiger partial charge on any atom is 0.238 e. The van der Waals surface area contributed by atoms with Gasteiger partial charge in [-0.1, -0.05) is 279 Å². The number of rotatable bonds is 13. The number of nitrogens with zero attached hydrogens (tertiary/aromatic N) is 10. The molecule has 23 aromatic rings. The van der Waals surface area contributed by atoms with Crippen LogP contribution in [0.4, 0.5) is 0 Å². The minimum atomic E-state index is 0.585. The SMILES string of the molecule is c1ccc(-c2ccc(-c3cccc(-c4ncnc(-c5ccc(-n6c7ccccc7c7cc(-c8ccc9c(c8)c8ccccc8n9-c8ccccc8)ccc76)cc5)n4)c3)cc2)cc1.c1ccc(-c2ccc(-c3cccc(-c4ncnc(-n5c6ccccc6c6cc(-c7ccc8c(c7)c7ccccc7n8-c7ccccc7)ccc65)n4)c3)cc2)cc1. The maximum atomic E-state index is 5.08. The quantitative estimate of drug-likeness (QED) is 0.114. The summed E-state index contributed by atoms with van der Waals surface area (Å²) in [5.41, 5.74) is 29.4. The van der Waals surface area contributed by atoms with Crippen LogP contribution in [0.3, 0.4) is 0 Å². The summed E-state index contributed by atoms with van der Waals surface area (Å²) in [6, 6.07) is 147. The molecule has 0 N–H and O–H groups in total. The van der Waals surface area contributed by atoms with E-state index in [1.807, 2.05) is 12.1 Å². The van der Waals surface area contributed by atoms with E-state index in [-0.39, 0.29) is 0 Å². The van der Waals surface area contributed by atoms with Crippen LogP contribution in [0.1, 0.15) is 0 Å². The van der Waals surface area contributed by atoms with E-state index in [2.05, 4.69) is 434 Å². The molecule has 0 unspecified atom stereocenters. The Balaban J connectivity index is 0.000000143. The minimum Gasteiger partial charge on any atom is -0.309 e. The van der Waals surface area contributed by atoms with Gasteiger partial charge in [0.25, 0.3) is 0 Å². The highest BCUT2D eigenvalue weighted by atomic mass is 15.2. The molecule has 118 heavy (non-hydrogen) atoms. The normalized spacial score (nSPS) is 11.6. The summed E-state index contributed by atoms with van der Waals surface area (Å²) in [5.74, 6) is 2.49. The summed E-state index contributed by atoms with van der Waals surface area (Å²) in [4.78, 5) is 28.6. The number of hydrogen-bond acceptors (Lipinski definition) is 6. The molecule has 0 aliphatic rings. The second kappa shape index (κ2) is 29.2. The molecule has 0 saturated carbocycles. The van der Waals surface area contributed by atoms with E-state index < -0.39 is 0 Å². The van der Waals surface area contributed by atoms with Crippen LogP contribution in [0.2, 0.25) is 0 Å². The maximum absolute atomic E-state index is 5.08. The number of benzene rings is 17. The van der Waals surface area contributed by atoms with Gasteiger partial charge in [-0.25, -0.2) is 24.9 Å². The summed E-state index contributed by atoms with van der Waals surface area (Å²) < 4.78 is 9.23. The Morgan fingerprint density at radius 3 is 0.780 bits per heavy atom. The molecule has 0 radical (unpaired) electrons. The molecule has 0 amide bonds. The first-order valence-electron chi connectivity index (χ1n) is 39.8. The summed E-state index contributed by atoms with van der Waals surface area (Å²) >= 11 is 0. The molecule has 0 saturated heterocycles. The third-order valence-electron chi connectivity index (χ3n) is 23.0. The Morgan fingerprint density at radius 1 is 0.144 bits per heavy atom. The smallest absolute Gasteiger partial charge is 0.238 e. The van der Waals surface area contributed by atoms with Crippen molar-refractivity contribution in [3.63, 3.8) is 0 Å². The molecule has 0 fully saturated rings. The van der Waals surface area contributed by atoms with Crippen molar-refractivity contribution in [3.8, 4) is 124 Å². The Kier molecular flexibility index (Phi) is 17.0. The summed E-state index contributed by atoms with van der Waals surface area (Å²) in [7, 11) is 0. The fourth-order valence-electron chi connectivity index (χ4n) is 17.3. The topological polar surface area (TPSA) is 97.1 Å². The number of hydrogen-bond donors (Lipinski definition) is 0. The van der Waals surface area contributed by atoms with Crippen molar-refractivity contribution in [3.05, 3.63) is 425 Å². The average Bonchev–Trinajstić information content (AvgIpc) is 1.59. The highest BCUT2D eigenvalue weighted by molar-refractivity contribution is 6.15. The molecule has 0 atom stereocenters. The highest BCUT2D eigenvalue weighted by Crippen LogP contribution is 2.43. The molecule has 0 aliphatic carbocycles. The predicted molar refractivity (Wildman–Crippen MR) is 486 cm³/mol. The van der Waals surface area contributed by atoms with Crippen LogP contribution in [0, 0.1) is 0 Å². The van der Waals surface area contributed by atoms with Gasteiger partial charge in [0.05, 0.1) is 44.1 Å². The zero-order valence-electron chi connectivity index (χ0n) is 63.9. The van der Waals surface area contributed by atoms with E-state index in [9.17, 15) is 0 Å². The van der Waals surface area contributed by atoms with Crippen molar-refractivity contribution in [2.75, 3.05) is 0 Å². The van der Waals surface area contributed by atoms with Gasteiger partial charge in [0.1, 0.15) is 12.7 Å². The number of aromatic nitrogens is 10. The molecular weight excluding hydrogens is 1440 g/mol. The van der Waals surface area contributed by atoms with Crippen molar-refractivity contribution in [1.29, 1.82) is 0 Å². The van der Waals surface area contributed by atoms with Crippen molar-refractivity contribution in [2.45, 2.75) is 0 Å². The molecule has 6 heterocycles. The van der Waals surface area contributed by atoms with E-state index in [1.165, 1.54) is 93.3 Å². The average molecular weight is 1510 g/mol. The number of fused-ring (bicyclic) bond motifs is 12. The molecule has 0 spiro atoms. The van der Waals surface area contributed by atoms with Crippen LogP contribution in [-0.2, 0) is 0 Å². The highest BCUT2D eigenvalue weighted by Gasteiger charge is 2.22. The lowest BCUT2D eigenvalue weighted by Crippen LogP contribution is -2.03. The zero-order chi connectivity index (χ0) is 78.0. The van der Waals surface area contributed by atoms with Crippen LogP contribution >= 0.6 is 0 Å². The van der Waals surface area contributed by atoms with Crippen molar-refractivity contribution in [2.24, 2.45) is 0 Å². The van der Waals surface area contributed by atoms with Gasteiger partial charge in [-0.05, 0) is 200 Å². The van der Waals surface area contributed by atoms with Gasteiger partial charge in [-0.15, -0.1) is 0 Å². The van der Waals surface area contributed by atoms with Crippen LogP contribution in [0.5, 0.6) is 0 Å². The van der Waals surface area contributed by atoms with Gasteiger partial charge < -0.3 is 13.7 Å². The Labute approximate surface area is 680 Å². The van der Waals surface area contributed by atoms with E-state index in [1.54, 1.807) is 12.7 Å². The minimum absolute atomic E-state index is 0.585. The second-order valence-corrected chi connectivity index (χ2v) is 29.8. The van der Waals surface area contributed by atoms with Gasteiger partial charge in [-0.3, -0.25) is 4.57 Å². The largest absolute Gasteiger partial charge is 0.309 e. The fourth-order valence-corrected chi connectivity index (χ4v) is 17.3. The zero-order valence-corrected chi connectivity index (χ0v) is 63.9. The Hall–Kier alpha value is -16.0. The Bertz CT molecular complexity index is 7760. The fraction of sp³-hybridized carbons (Fsp3) is 0. The van der Waals surface area contributed by atoms with E-state index >= 15 is 0 Å². The van der Waals surface area contributed by atoms with E-state index in [0.717, 1.165) is 94.4 Å². The second-order valence-electron chi connectivity index (χ2n) is 29.8. The molecule has 0 aliphatic heterocycles. The molecule has 6 aromatic heterocycles. The summed E-state index contributed by atoms with van der Waals surface area (Å²) in [5, 5.41) is 9.68. The molecule has 10 nitrogen and oxygen atoms in total. The first-order valence-corrected chi connectivity index (χ1v) is 39.8. The van der Waals surface area contributed by atoms with E-state index in [4.69, 9.17) is 15.0 Å². The number of para-hydroxylation sites is 6. The standard InChI is InChI=1S/C57H37N5.C51H33N5/c1-3-12-38(13-4-1)39-22-24-40(25-23-39)42-14-11-15-45(34-42)57-59-37-58-56(60-57)41-26-30-47(31-27-41)62-53-21-10-8-19-49(53)51-36-44(29-33-55(51)62)43-28-32-54-50(35-43)48-18-7-9-20-52(48)61(54)46-16-5-2-6-17-46;1-3-12-34(13-4-1)35-22-24-36(25-23-35)37-14-11-15-40(30-37)50-52-33-53-51(54-50)56-47-21-10-8-19-43(47)45-32-39(27-29-49(45)56)38-26-28-48-44(31-38)42-18-7-9-20-46(42)55(48)41-16-5-2-6-17-41/h1-37H;1-33H. The summed E-state index contributed by atoms with van der Waals surface area (Å²) in [6.07, 6.45) is 3.23. The van der Waals surface area contributed by atoms with Gasteiger partial charge in [0.15, 0.2) is 17.5 Å². The third kappa shape index (κ3) is 12.3. The molecular formula is C108H70N10. The monoisotopic (exact) mass is 1510 g/mol. The molecule has 552 valence electrons. The summed E-state index contributed by atoms with van der Waals surface area (Å²) in [6.45, 7) is 0. The van der Waals surface area contributed by atoms with Crippen LogP contribution < -0.4 is 0 Å². The predicted octanol–water partition coefficient (Wildman–Crippen LogP) is 27.1. The Morgan fingerprint density at radius 2 is 0.390 bits per heavy atom. The van der Waals surface area contributed by atoms with E-state index in [0.29, 0.717) is 23.4 Å². The first-order chi connectivity index (χ1) is 58.5. The van der Waals surface area contributed by atoms with Crippen molar-refractivity contribution < 1.29 is 0 Å². The van der Waals surface area contributed by atoms with Crippen LogP contribution in [0.15, 0.2) is 425 Å². The van der Waals surface area contributed by atoms with Crippen LogP contribution in [-0.4, -0.2) is 48.2 Å². The molecule has 23 rings (SSSR count). The van der Waals surface area contributed by atoms with Gasteiger partial charge in [0, 0.05) is 76.8 Å². The molecule has 17 aromatic carbocycles. The lowest BCUT2D eigenvalue weighted by Gasteiger charge is -2.10. The van der Waals surface area contributed by atoms with Crippen molar-refractivity contribution >= 4 is 87.2 Å². The lowest BCUT2D eigenvalue weighted by atomic mass is 9.99. The van der Waals surface area contributed by atoms with Gasteiger partial charge in [0.2, 0.25) is 5.95 Å². The third-order valence-corrected chi connectivity index (χ3v) is 23.0. The molecule has 10 heteroatoms. The van der Waals surface area contributed by atoms with Crippen molar-refractivity contribution in [1.82, 2.24) is 48.2 Å². The molecule has 0 bridgehead atoms. The lowest BCUT2D eigenvalue weighted by molar-refractivity contribution is 0.947. The van der Waals surface area contributed by atoms with Gasteiger partial charge >= 0.3 is 0 Å². The van der Waals surface area contributed by atoms with Gasteiger partial charge in [-0.2, -0.15) is 4.98 Å². The first kappa shape index (κ1) is 68.7. The van der Waals surface area contributed by atoms with Crippen LogP contribution in [0.25, 0.3) is 211 Å².